The molecule has 3 rings (SSSR count). The van der Waals surface area contributed by atoms with Gasteiger partial charge in [-0.15, -0.1) is 0 Å². The largest absolute Gasteiger partial charge is 0.497 e. The summed E-state index contributed by atoms with van der Waals surface area (Å²) in [5.41, 5.74) is 2.50. The molecule has 0 saturated heterocycles. The Morgan fingerprint density at radius 3 is 2.46 bits per heavy atom. The Labute approximate surface area is 144 Å². The third kappa shape index (κ3) is 4.60. The number of nitrogens with one attached hydrogen (secondary N) is 1. The zero-order valence-corrected chi connectivity index (χ0v) is 14.2. The molecule has 1 fully saturated rings. The molecular formula is C21H25NO2. The molecule has 0 radical (unpaired) electrons. The smallest absolute Gasteiger partial charge is 0.220 e. The maximum atomic E-state index is 12.3. The summed E-state index contributed by atoms with van der Waals surface area (Å²) >= 11 is 0. The molecular weight excluding hydrogens is 298 g/mol. The van der Waals surface area contributed by atoms with Gasteiger partial charge in [0.15, 0.2) is 0 Å². The normalized spacial score (nSPS) is 14.9. The van der Waals surface area contributed by atoms with E-state index in [0.717, 1.165) is 12.2 Å². The monoisotopic (exact) mass is 323 g/mol. The van der Waals surface area contributed by atoms with Crippen LogP contribution in [0.15, 0.2) is 54.6 Å². The summed E-state index contributed by atoms with van der Waals surface area (Å²) in [4.78, 5) is 12.3. The van der Waals surface area contributed by atoms with Gasteiger partial charge in [0.2, 0.25) is 5.91 Å². The van der Waals surface area contributed by atoms with Crippen LogP contribution in [0.5, 0.6) is 5.75 Å². The second-order valence-electron chi connectivity index (χ2n) is 6.51. The van der Waals surface area contributed by atoms with Crippen LogP contribution in [0, 0.1) is 5.92 Å². The van der Waals surface area contributed by atoms with E-state index in [1.807, 2.05) is 30.3 Å². The molecule has 0 aliphatic heterocycles. The van der Waals surface area contributed by atoms with Gasteiger partial charge >= 0.3 is 0 Å². The van der Waals surface area contributed by atoms with Gasteiger partial charge in [0, 0.05) is 13.0 Å². The number of hydrogen-bond donors (Lipinski definition) is 1. The van der Waals surface area contributed by atoms with E-state index in [4.69, 9.17) is 4.74 Å². The summed E-state index contributed by atoms with van der Waals surface area (Å²) in [6.07, 6.45) is 3.93. The molecule has 24 heavy (non-hydrogen) atoms. The highest BCUT2D eigenvalue weighted by Gasteiger charge is 2.33. The van der Waals surface area contributed by atoms with E-state index in [1.165, 1.54) is 24.0 Å². The summed E-state index contributed by atoms with van der Waals surface area (Å²) in [6, 6.07) is 18.4. The molecule has 2 aromatic rings. The molecule has 1 N–H and O–H groups in total. The fourth-order valence-corrected chi connectivity index (χ4v) is 3.17. The number of amides is 1. The average molecular weight is 323 g/mol. The second kappa shape index (κ2) is 8.00. The van der Waals surface area contributed by atoms with Gasteiger partial charge in [0.25, 0.3) is 0 Å². The lowest BCUT2D eigenvalue weighted by Crippen LogP contribution is -2.27. The van der Waals surface area contributed by atoms with Crippen LogP contribution in [-0.4, -0.2) is 19.6 Å². The van der Waals surface area contributed by atoms with Crippen molar-refractivity contribution in [1.29, 1.82) is 0 Å². The predicted octanol–water partition coefficient (Wildman–Crippen LogP) is 3.94. The van der Waals surface area contributed by atoms with Gasteiger partial charge in [-0.25, -0.2) is 0 Å². The summed E-state index contributed by atoms with van der Waals surface area (Å²) in [7, 11) is 1.66. The van der Waals surface area contributed by atoms with Crippen molar-refractivity contribution in [2.45, 2.75) is 31.6 Å². The van der Waals surface area contributed by atoms with Crippen molar-refractivity contribution in [3.8, 4) is 5.75 Å². The summed E-state index contributed by atoms with van der Waals surface area (Å²) in [6.45, 7) is 0.678. The molecule has 1 saturated carbocycles. The van der Waals surface area contributed by atoms with Gasteiger partial charge < -0.3 is 10.1 Å². The van der Waals surface area contributed by atoms with E-state index in [1.54, 1.807) is 7.11 Å². The van der Waals surface area contributed by atoms with Gasteiger partial charge in [0.1, 0.15) is 5.75 Å². The minimum Gasteiger partial charge on any atom is -0.497 e. The van der Waals surface area contributed by atoms with E-state index in [0.29, 0.717) is 24.8 Å². The van der Waals surface area contributed by atoms with Gasteiger partial charge in [-0.2, -0.15) is 0 Å². The highest BCUT2D eigenvalue weighted by molar-refractivity contribution is 5.77. The summed E-state index contributed by atoms with van der Waals surface area (Å²) in [5, 5.41) is 3.07. The van der Waals surface area contributed by atoms with E-state index in [-0.39, 0.29) is 5.91 Å². The lowest BCUT2D eigenvalue weighted by molar-refractivity contribution is -0.121. The molecule has 1 atom stereocenters. The third-order valence-corrected chi connectivity index (χ3v) is 4.72. The van der Waals surface area contributed by atoms with Gasteiger partial charge in [-0.05, 0) is 54.4 Å². The third-order valence-electron chi connectivity index (χ3n) is 4.72. The molecule has 0 bridgehead atoms. The highest BCUT2D eigenvalue weighted by atomic mass is 16.5. The predicted molar refractivity (Wildman–Crippen MR) is 96.2 cm³/mol. The lowest BCUT2D eigenvalue weighted by Gasteiger charge is -2.16. The topological polar surface area (TPSA) is 38.3 Å². The molecule has 2 aromatic carbocycles. The fourth-order valence-electron chi connectivity index (χ4n) is 3.17. The molecule has 1 aliphatic rings. The molecule has 0 heterocycles. The van der Waals surface area contributed by atoms with Crippen LogP contribution >= 0.6 is 0 Å². The Kier molecular flexibility index (Phi) is 5.52. The molecule has 0 aromatic heterocycles. The second-order valence-corrected chi connectivity index (χ2v) is 6.51. The molecule has 3 nitrogen and oxygen atoms in total. The number of ether oxygens (including phenoxy) is 1. The number of carbonyl (C=O) groups excluding carboxylic acids is 1. The van der Waals surface area contributed by atoms with Crippen molar-refractivity contribution < 1.29 is 9.53 Å². The number of rotatable bonds is 8. The Morgan fingerprint density at radius 2 is 1.83 bits per heavy atom. The van der Waals surface area contributed by atoms with Crippen molar-refractivity contribution in [2.24, 2.45) is 5.92 Å². The van der Waals surface area contributed by atoms with Crippen LogP contribution in [0.25, 0.3) is 0 Å². The Bertz CT molecular complexity index is 647. The molecule has 1 aliphatic carbocycles. The molecule has 126 valence electrons. The van der Waals surface area contributed by atoms with Gasteiger partial charge in [-0.3, -0.25) is 4.79 Å². The fraction of sp³-hybridized carbons (Fsp3) is 0.381. The summed E-state index contributed by atoms with van der Waals surface area (Å²) < 4.78 is 5.16. The van der Waals surface area contributed by atoms with Crippen LogP contribution in [0.4, 0.5) is 0 Å². The SMILES string of the molecule is COc1ccc(CCNC(=O)CC(c2ccccc2)C2CC2)cc1. The first-order valence-corrected chi connectivity index (χ1v) is 8.71. The first kappa shape index (κ1) is 16.6. The van der Waals surface area contributed by atoms with E-state index < -0.39 is 0 Å². The van der Waals surface area contributed by atoms with Crippen LogP contribution in [0.3, 0.4) is 0 Å². The Morgan fingerprint density at radius 1 is 1.12 bits per heavy atom. The zero-order chi connectivity index (χ0) is 16.8. The average Bonchev–Trinajstić information content (AvgIpc) is 3.46. The van der Waals surface area contributed by atoms with Crippen molar-refractivity contribution in [3.05, 3.63) is 65.7 Å². The summed E-state index contributed by atoms with van der Waals surface area (Å²) in [5.74, 6) is 2.06. The van der Waals surface area contributed by atoms with Crippen LogP contribution < -0.4 is 10.1 Å². The van der Waals surface area contributed by atoms with Crippen LogP contribution in [0.1, 0.15) is 36.3 Å². The standard InChI is InChI=1S/C21H25NO2/c1-24-19-11-7-16(8-12-19)13-14-22-21(23)15-20(18-9-10-18)17-5-3-2-4-6-17/h2-8,11-12,18,20H,9-10,13-15H2,1H3,(H,22,23). The van der Waals surface area contributed by atoms with Crippen molar-refractivity contribution >= 4 is 5.91 Å². The first-order valence-electron chi connectivity index (χ1n) is 8.71. The number of benzene rings is 2. The zero-order valence-electron chi connectivity index (χ0n) is 14.2. The van der Waals surface area contributed by atoms with Gasteiger partial charge in [-0.1, -0.05) is 42.5 Å². The van der Waals surface area contributed by atoms with Crippen molar-refractivity contribution in [2.75, 3.05) is 13.7 Å². The minimum atomic E-state index is 0.157. The van der Waals surface area contributed by atoms with E-state index in [2.05, 4.69) is 29.6 Å². The molecule has 1 unspecified atom stereocenters. The van der Waals surface area contributed by atoms with Gasteiger partial charge in [0.05, 0.1) is 7.11 Å². The Balaban J connectivity index is 1.47. The Hall–Kier alpha value is -2.29. The lowest BCUT2D eigenvalue weighted by atomic mass is 9.91. The van der Waals surface area contributed by atoms with E-state index in [9.17, 15) is 4.79 Å². The van der Waals surface area contributed by atoms with E-state index >= 15 is 0 Å². The molecule has 1 amide bonds. The van der Waals surface area contributed by atoms with Crippen LogP contribution in [0.2, 0.25) is 0 Å². The maximum absolute atomic E-state index is 12.3. The maximum Gasteiger partial charge on any atom is 0.220 e. The number of methoxy groups -OCH3 is 1. The first-order chi connectivity index (χ1) is 11.8. The number of carbonyl (C=O) groups is 1. The minimum absolute atomic E-state index is 0.157. The molecule has 3 heteroatoms. The number of hydrogen-bond acceptors (Lipinski definition) is 2. The van der Waals surface area contributed by atoms with Crippen molar-refractivity contribution in [1.82, 2.24) is 5.32 Å². The molecule has 0 spiro atoms. The van der Waals surface area contributed by atoms with Crippen molar-refractivity contribution in [3.63, 3.8) is 0 Å². The van der Waals surface area contributed by atoms with Crippen LogP contribution in [-0.2, 0) is 11.2 Å². The highest BCUT2D eigenvalue weighted by Crippen LogP contribution is 2.44. The quantitative estimate of drug-likeness (QED) is 0.799.